The molecule has 182 valence electrons. The standard InChI is InChI=1S/C29H27N3O3S/c33-27(32-15-6-12-24(32)21-13-14-25-26(18-21)35-17-7-16-34-25)19-36-29-23-11-5-4-10-22(23)28(30-31-29)20-8-2-1-3-9-20/h1-5,8-11,13-14,18,24H,6-7,12,15-17,19H2. The average Bonchev–Trinajstić information content (AvgIpc) is 3.31. The summed E-state index contributed by atoms with van der Waals surface area (Å²) in [6.45, 7) is 2.08. The van der Waals surface area contributed by atoms with Gasteiger partial charge in [-0.15, -0.1) is 10.2 Å². The summed E-state index contributed by atoms with van der Waals surface area (Å²) < 4.78 is 11.7. The van der Waals surface area contributed by atoms with Crippen LogP contribution in [0.25, 0.3) is 22.0 Å². The summed E-state index contributed by atoms with van der Waals surface area (Å²) in [5.41, 5.74) is 2.99. The van der Waals surface area contributed by atoms with Gasteiger partial charge in [-0.05, 0) is 30.5 Å². The molecule has 6 rings (SSSR count). The van der Waals surface area contributed by atoms with Crippen molar-refractivity contribution in [3.05, 3.63) is 78.4 Å². The molecule has 0 spiro atoms. The maximum atomic E-state index is 13.4. The van der Waals surface area contributed by atoms with Gasteiger partial charge in [0.1, 0.15) is 10.7 Å². The fourth-order valence-electron chi connectivity index (χ4n) is 5.01. The van der Waals surface area contributed by atoms with E-state index in [0.717, 1.165) is 69.9 Å². The number of fused-ring (bicyclic) bond motifs is 2. The highest BCUT2D eigenvalue weighted by atomic mass is 32.2. The monoisotopic (exact) mass is 497 g/mol. The maximum absolute atomic E-state index is 13.4. The highest BCUT2D eigenvalue weighted by molar-refractivity contribution is 8.00. The number of hydrogen-bond donors (Lipinski definition) is 0. The molecule has 1 aromatic heterocycles. The SMILES string of the molecule is O=C(CSc1nnc(-c2ccccc2)c2ccccc12)N1CCCC1c1ccc2c(c1)OCCCO2. The number of ether oxygens (including phenoxy) is 2. The molecule has 7 heteroatoms. The Morgan fingerprint density at radius 2 is 1.67 bits per heavy atom. The molecule has 1 saturated heterocycles. The van der Waals surface area contributed by atoms with Crippen LogP contribution in [0.2, 0.25) is 0 Å². The van der Waals surface area contributed by atoms with Gasteiger partial charge in [-0.2, -0.15) is 0 Å². The van der Waals surface area contributed by atoms with Crippen molar-refractivity contribution in [1.29, 1.82) is 0 Å². The van der Waals surface area contributed by atoms with Gasteiger partial charge in [-0.1, -0.05) is 72.4 Å². The number of rotatable bonds is 5. The largest absolute Gasteiger partial charge is 0.490 e. The molecule has 36 heavy (non-hydrogen) atoms. The Labute approximate surface area is 214 Å². The van der Waals surface area contributed by atoms with Crippen LogP contribution in [0, 0.1) is 0 Å². The zero-order chi connectivity index (χ0) is 24.3. The van der Waals surface area contributed by atoms with Gasteiger partial charge < -0.3 is 14.4 Å². The summed E-state index contributed by atoms with van der Waals surface area (Å²) in [6.07, 6.45) is 2.81. The lowest BCUT2D eigenvalue weighted by Gasteiger charge is -2.25. The van der Waals surface area contributed by atoms with Crippen LogP contribution in [0.1, 0.15) is 30.9 Å². The van der Waals surface area contributed by atoms with E-state index in [9.17, 15) is 4.79 Å². The lowest BCUT2D eigenvalue weighted by molar-refractivity contribution is -0.129. The van der Waals surface area contributed by atoms with Crippen molar-refractivity contribution in [2.24, 2.45) is 0 Å². The number of benzene rings is 3. The fraction of sp³-hybridized carbons (Fsp3) is 0.276. The van der Waals surface area contributed by atoms with Crippen molar-refractivity contribution in [3.8, 4) is 22.8 Å². The lowest BCUT2D eigenvalue weighted by Crippen LogP contribution is -2.32. The Bertz CT molecular complexity index is 1400. The van der Waals surface area contributed by atoms with Gasteiger partial charge in [0.25, 0.3) is 0 Å². The third-order valence-electron chi connectivity index (χ3n) is 6.76. The molecule has 4 aromatic rings. The van der Waals surface area contributed by atoms with Crippen LogP contribution in [-0.4, -0.2) is 46.5 Å². The molecule has 3 heterocycles. The summed E-state index contributed by atoms with van der Waals surface area (Å²) >= 11 is 1.46. The molecule has 1 atom stereocenters. The summed E-state index contributed by atoms with van der Waals surface area (Å²) in [4.78, 5) is 15.4. The molecular formula is C29H27N3O3S. The van der Waals surface area contributed by atoms with E-state index < -0.39 is 0 Å². The van der Waals surface area contributed by atoms with Gasteiger partial charge in [0.15, 0.2) is 11.5 Å². The molecule has 3 aromatic carbocycles. The van der Waals surface area contributed by atoms with Crippen LogP contribution >= 0.6 is 11.8 Å². The number of hydrogen-bond acceptors (Lipinski definition) is 6. The van der Waals surface area contributed by atoms with Crippen molar-refractivity contribution in [2.75, 3.05) is 25.5 Å². The summed E-state index contributed by atoms with van der Waals surface area (Å²) in [5.74, 6) is 2.00. The molecule has 1 amide bonds. The van der Waals surface area contributed by atoms with Gasteiger partial charge in [0, 0.05) is 29.3 Å². The Kier molecular flexibility index (Phi) is 6.47. The first-order valence-corrected chi connectivity index (χ1v) is 13.4. The summed E-state index contributed by atoms with van der Waals surface area (Å²) in [6, 6.07) is 24.4. The van der Waals surface area contributed by atoms with E-state index in [4.69, 9.17) is 9.47 Å². The minimum atomic E-state index is 0.0542. The maximum Gasteiger partial charge on any atom is 0.233 e. The van der Waals surface area contributed by atoms with Gasteiger partial charge in [-0.25, -0.2) is 0 Å². The minimum absolute atomic E-state index is 0.0542. The first-order chi connectivity index (χ1) is 17.8. The van der Waals surface area contributed by atoms with Crippen molar-refractivity contribution in [2.45, 2.75) is 30.3 Å². The van der Waals surface area contributed by atoms with Crippen LogP contribution in [0.15, 0.2) is 77.8 Å². The predicted molar refractivity (Wildman–Crippen MR) is 141 cm³/mol. The van der Waals surface area contributed by atoms with Crippen LogP contribution in [-0.2, 0) is 4.79 Å². The molecule has 2 aliphatic rings. The van der Waals surface area contributed by atoms with E-state index in [0.29, 0.717) is 19.0 Å². The van der Waals surface area contributed by atoms with E-state index in [1.54, 1.807) is 0 Å². The third-order valence-corrected chi connectivity index (χ3v) is 7.73. The number of amides is 1. The van der Waals surface area contributed by atoms with E-state index >= 15 is 0 Å². The fourth-order valence-corrected chi connectivity index (χ4v) is 5.87. The topological polar surface area (TPSA) is 64.6 Å². The summed E-state index contributed by atoms with van der Waals surface area (Å²) in [7, 11) is 0. The Morgan fingerprint density at radius 3 is 2.53 bits per heavy atom. The molecule has 0 N–H and O–H groups in total. The molecule has 0 aliphatic carbocycles. The van der Waals surface area contributed by atoms with Crippen LogP contribution in [0.4, 0.5) is 0 Å². The quantitative estimate of drug-likeness (QED) is 0.319. The number of carbonyl (C=O) groups is 1. The number of thioether (sulfide) groups is 1. The minimum Gasteiger partial charge on any atom is -0.490 e. The van der Waals surface area contributed by atoms with E-state index in [-0.39, 0.29) is 11.9 Å². The van der Waals surface area contributed by atoms with Crippen LogP contribution < -0.4 is 9.47 Å². The molecule has 1 fully saturated rings. The van der Waals surface area contributed by atoms with Gasteiger partial charge in [0.05, 0.1) is 25.0 Å². The van der Waals surface area contributed by atoms with Crippen molar-refractivity contribution in [3.63, 3.8) is 0 Å². The Hall–Kier alpha value is -3.58. The van der Waals surface area contributed by atoms with Gasteiger partial charge in [0.2, 0.25) is 5.91 Å². The zero-order valence-corrected chi connectivity index (χ0v) is 20.7. The van der Waals surface area contributed by atoms with E-state index in [1.807, 2.05) is 59.5 Å². The predicted octanol–water partition coefficient (Wildman–Crippen LogP) is 5.91. The lowest BCUT2D eigenvalue weighted by atomic mass is 10.0. The van der Waals surface area contributed by atoms with Crippen molar-refractivity contribution >= 4 is 28.4 Å². The highest BCUT2D eigenvalue weighted by Crippen LogP contribution is 2.39. The second kappa shape index (κ2) is 10.2. The Balaban J connectivity index is 1.20. The van der Waals surface area contributed by atoms with Crippen LogP contribution in [0.5, 0.6) is 11.5 Å². The van der Waals surface area contributed by atoms with Crippen LogP contribution in [0.3, 0.4) is 0 Å². The van der Waals surface area contributed by atoms with Crippen molar-refractivity contribution < 1.29 is 14.3 Å². The molecule has 6 nitrogen and oxygen atoms in total. The van der Waals surface area contributed by atoms with Gasteiger partial charge in [-0.3, -0.25) is 4.79 Å². The van der Waals surface area contributed by atoms with Crippen molar-refractivity contribution in [1.82, 2.24) is 15.1 Å². The van der Waals surface area contributed by atoms with E-state index in [2.05, 4.69) is 28.4 Å². The molecule has 1 unspecified atom stereocenters. The number of carbonyl (C=O) groups excluding carboxylic acids is 1. The molecule has 0 bridgehead atoms. The highest BCUT2D eigenvalue weighted by Gasteiger charge is 2.31. The molecule has 0 saturated carbocycles. The Morgan fingerprint density at radius 1 is 0.889 bits per heavy atom. The smallest absolute Gasteiger partial charge is 0.233 e. The molecule has 2 aliphatic heterocycles. The average molecular weight is 498 g/mol. The molecular weight excluding hydrogens is 470 g/mol. The number of aromatic nitrogens is 2. The molecule has 0 radical (unpaired) electrons. The number of likely N-dealkylation sites (tertiary alicyclic amines) is 1. The normalized spacial score (nSPS) is 17.2. The second-order valence-electron chi connectivity index (χ2n) is 9.06. The van der Waals surface area contributed by atoms with E-state index in [1.165, 1.54) is 11.8 Å². The first kappa shape index (κ1) is 22.9. The summed E-state index contributed by atoms with van der Waals surface area (Å²) in [5, 5.41) is 11.9. The zero-order valence-electron chi connectivity index (χ0n) is 19.9. The first-order valence-electron chi connectivity index (χ1n) is 12.4. The third kappa shape index (κ3) is 4.51. The number of nitrogens with zero attached hydrogens (tertiary/aromatic N) is 3. The van der Waals surface area contributed by atoms with Gasteiger partial charge >= 0.3 is 0 Å². The second-order valence-corrected chi connectivity index (χ2v) is 10.0.